The topological polar surface area (TPSA) is 84.5 Å². The van der Waals surface area contributed by atoms with Gasteiger partial charge in [0.15, 0.2) is 5.78 Å². The molecule has 0 radical (unpaired) electrons. The van der Waals surface area contributed by atoms with Crippen LogP contribution in [0, 0.1) is 13.8 Å². The number of nitrogens with zero attached hydrogens (tertiary/aromatic N) is 2. The van der Waals surface area contributed by atoms with Crippen molar-refractivity contribution in [2.45, 2.75) is 33.1 Å². The van der Waals surface area contributed by atoms with Crippen LogP contribution in [0.4, 0.5) is 5.82 Å². The predicted molar refractivity (Wildman–Crippen MR) is 131 cm³/mol. The maximum absolute atomic E-state index is 13.2. The summed E-state index contributed by atoms with van der Waals surface area (Å²) in [6.07, 6.45) is 3.32. The lowest BCUT2D eigenvalue weighted by Crippen LogP contribution is -2.36. The number of aromatic nitrogens is 2. The molecule has 1 saturated heterocycles. The van der Waals surface area contributed by atoms with Crippen LogP contribution in [0.3, 0.4) is 0 Å². The number of anilines is 1. The Bertz CT molecular complexity index is 1270. The summed E-state index contributed by atoms with van der Waals surface area (Å²) in [5, 5.41) is 0. The van der Waals surface area contributed by atoms with Gasteiger partial charge in [-0.3, -0.25) is 9.59 Å². The Morgan fingerprint density at radius 2 is 1.94 bits per heavy atom. The third-order valence-corrected chi connectivity index (χ3v) is 6.60. The van der Waals surface area contributed by atoms with Crippen LogP contribution in [0.25, 0.3) is 11.1 Å². The smallest absolute Gasteiger partial charge is 0.251 e. The molecule has 0 saturated carbocycles. The molecule has 0 atom stereocenters. The second kappa shape index (κ2) is 9.43. The lowest BCUT2D eigenvalue weighted by atomic mass is 9.94. The average molecular weight is 460 g/mol. The summed E-state index contributed by atoms with van der Waals surface area (Å²) in [6.45, 7) is 7.47. The van der Waals surface area contributed by atoms with E-state index in [1.165, 1.54) is 0 Å². The molecule has 0 spiro atoms. The zero-order valence-electron chi connectivity index (χ0n) is 19.6. The zero-order chi connectivity index (χ0) is 23.7. The second-order valence-electron chi connectivity index (χ2n) is 8.98. The highest BCUT2D eigenvalue weighted by atomic mass is 16.5. The minimum Gasteiger partial charge on any atom is -0.492 e. The number of pyridine rings is 2. The summed E-state index contributed by atoms with van der Waals surface area (Å²) in [5.74, 6) is 1.78. The lowest BCUT2D eigenvalue weighted by Gasteiger charge is -2.27. The number of H-pyrrole nitrogens is 1. The molecular formula is C27H29N3O4. The fourth-order valence-corrected chi connectivity index (χ4v) is 4.78. The number of morpholine rings is 1. The monoisotopic (exact) mass is 459 g/mol. The summed E-state index contributed by atoms with van der Waals surface area (Å²) in [5.41, 5.74) is 5.82. The molecule has 2 aliphatic heterocycles. The van der Waals surface area contributed by atoms with Crippen molar-refractivity contribution in [1.29, 1.82) is 0 Å². The molecule has 3 aromatic rings. The fraction of sp³-hybridized carbons (Fsp3) is 0.370. The highest BCUT2D eigenvalue weighted by Gasteiger charge is 2.22. The molecule has 2 aromatic heterocycles. The predicted octanol–water partition coefficient (Wildman–Crippen LogP) is 3.64. The minimum atomic E-state index is -0.111. The molecule has 4 heterocycles. The van der Waals surface area contributed by atoms with Crippen molar-refractivity contribution >= 4 is 11.6 Å². The molecule has 1 fully saturated rings. The average Bonchev–Trinajstić information content (AvgIpc) is 3.32. The first-order chi connectivity index (χ1) is 16.5. The van der Waals surface area contributed by atoms with Gasteiger partial charge in [0, 0.05) is 60.1 Å². The molecule has 176 valence electrons. The number of Topliss-reactive ketones (excluding diaryl/α,β-unsaturated/α-hetero) is 1. The van der Waals surface area contributed by atoms with Gasteiger partial charge in [0.25, 0.3) is 5.56 Å². The van der Waals surface area contributed by atoms with Gasteiger partial charge in [-0.1, -0.05) is 0 Å². The van der Waals surface area contributed by atoms with E-state index in [2.05, 4.69) is 14.9 Å². The highest BCUT2D eigenvalue weighted by Crippen LogP contribution is 2.38. The Hall–Kier alpha value is -3.45. The first-order valence-corrected chi connectivity index (χ1v) is 11.8. The number of ether oxygens (including phenoxy) is 2. The standard InChI is InChI=1S/C27H29N3O4/c1-17-13-18(2)29-27(32)22(17)4-5-24(31)21-14-19-7-10-34-26(19)23(15-21)20-3-6-25(28-16-20)30-8-11-33-12-9-30/h3,6,13-16H,4-5,7-12H2,1-2H3,(H,29,32). The molecule has 0 bridgehead atoms. The Morgan fingerprint density at radius 1 is 1.12 bits per heavy atom. The van der Waals surface area contributed by atoms with Gasteiger partial charge in [-0.15, -0.1) is 0 Å². The van der Waals surface area contributed by atoms with Crippen molar-refractivity contribution in [2.75, 3.05) is 37.8 Å². The van der Waals surface area contributed by atoms with E-state index in [0.717, 1.165) is 59.0 Å². The Morgan fingerprint density at radius 3 is 2.68 bits per heavy atom. The molecule has 7 nitrogen and oxygen atoms in total. The van der Waals surface area contributed by atoms with Gasteiger partial charge in [-0.2, -0.15) is 0 Å². The summed E-state index contributed by atoms with van der Waals surface area (Å²) < 4.78 is 11.4. The molecule has 1 N–H and O–H groups in total. The van der Waals surface area contributed by atoms with E-state index in [9.17, 15) is 9.59 Å². The summed E-state index contributed by atoms with van der Waals surface area (Å²) >= 11 is 0. The molecule has 34 heavy (non-hydrogen) atoms. The number of aromatic amines is 1. The van der Waals surface area contributed by atoms with E-state index >= 15 is 0 Å². The molecule has 2 aliphatic rings. The van der Waals surface area contributed by atoms with E-state index in [4.69, 9.17) is 9.47 Å². The van der Waals surface area contributed by atoms with Crippen molar-refractivity contribution < 1.29 is 14.3 Å². The highest BCUT2D eigenvalue weighted by molar-refractivity contribution is 5.98. The van der Waals surface area contributed by atoms with Crippen molar-refractivity contribution in [1.82, 2.24) is 9.97 Å². The normalized spacial score (nSPS) is 15.2. The van der Waals surface area contributed by atoms with Crippen LogP contribution in [-0.4, -0.2) is 48.7 Å². The van der Waals surface area contributed by atoms with Gasteiger partial charge in [0.2, 0.25) is 0 Å². The van der Waals surface area contributed by atoms with Crippen LogP contribution < -0.4 is 15.2 Å². The van der Waals surface area contributed by atoms with Crippen LogP contribution in [-0.2, 0) is 17.6 Å². The molecule has 0 amide bonds. The van der Waals surface area contributed by atoms with Gasteiger partial charge in [-0.05, 0) is 61.7 Å². The molecule has 1 aromatic carbocycles. The fourth-order valence-electron chi connectivity index (χ4n) is 4.78. The van der Waals surface area contributed by atoms with Crippen molar-refractivity contribution in [3.63, 3.8) is 0 Å². The van der Waals surface area contributed by atoms with Gasteiger partial charge in [0.1, 0.15) is 11.6 Å². The Kier molecular flexibility index (Phi) is 6.20. The van der Waals surface area contributed by atoms with Crippen LogP contribution in [0.15, 0.2) is 41.3 Å². The van der Waals surface area contributed by atoms with Gasteiger partial charge < -0.3 is 19.4 Å². The number of ketones is 1. The molecule has 5 rings (SSSR count). The van der Waals surface area contributed by atoms with Crippen molar-refractivity contribution in [3.8, 4) is 16.9 Å². The number of hydrogen-bond donors (Lipinski definition) is 1. The quantitative estimate of drug-likeness (QED) is 0.567. The van der Waals surface area contributed by atoms with Gasteiger partial charge in [-0.25, -0.2) is 4.98 Å². The molecular weight excluding hydrogens is 430 g/mol. The number of benzene rings is 1. The van der Waals surface area contributed by atoms with Crippen LogP contribution in [0.5, 0.6) is 5.75 Å². The van der Waals surface area contributed by atoms with E-state index in [1.807, 2.05) is 50.4 Å². The number of aryl methyl sites for hydroxylation is 2. The molecule has 0 unspecified atom stereocenters. The number of carbonyl (C=O) groups excluding carboxylic acids is 1. The number of hydrogen-bond acceptors (Lipinski definition) is 6. The first-order valence-electron chi connectivity index (χ1n) is 11.8. The maximum Gasteiger partial charge on any atom is 0.251 e. The van der Waals surface area contributed by atoms with E-state index < -0.39 is 0 Å². The third kappa shape index (κ3) is 4.48. The Labute approximate surface area is 198 Å². The van der Waals surface area contributed by atoms with Gasteiger partial charge >= 0.3 is 0 Å². The lowest BCUT2D eigenvalue weighted by molar-refractivity contribution is 0.0982. The van der Waals surface area contributed by atoms with E-state index in [-0.39, 0.29) is 17.8 Å². The van der Waals surface area contributed by atoms with E-state index in [0.29, 0.717) is 37.4 Å². The number of fused-ring (bicyclic) bond motifs is 1. The number of nitrogens with one attached hydrogen (secondary N) is 1. The largest absolute Gasteiger partial charge is 0.492 e. The number of rotatable bonds is 6. The maximum atomic E-state index is 13.2. The second-order valence-corrected chi connectivity index (χ2v) is 8.98. The van der Waals surface area contributed by atoms with E-state index in [1.54, 1.807) is 0 Å². The Balaban J connectivity index is 1.40. The SMILES string of the molecule is Cc1cc(C)c(CCC(=O)c2cc3c(c(-c4ccc(N5CCOCC5)nc4)c2)OCC3)c(=O)[nH]1. The van der Waals surface area contributed by atoms with Gasteiger partial charge in [0.05, 0.1) is 19.8 Å². The zero-order valence-corrected chi connectivity index (χ0v) is 19.6. The number of carbonyl (C=O) groups is 1. The minimum absolute atomic E-state index is 0.0215. The summed E-state index contributed by atoms with van der Waals surface area (Å²) in [4.78, 5) is 35.2. The summed E-state index contributed by atoms with van der Waals surface area (Å²) in [6, 6.07) is 9.85. The van der Waals surface area contributed by atoms with Crippen LogP contribution in [0.1, 0.15) is 39.2 Å². The molecule has 7 heteroatoms. The van der Waals surface area contributed by atoms with Crippen molar-refractivity contribution in [2.24, 2.45) is 0 Å². The third-order valence-electron chi connectivity index (χ3n) is 6.60. The van der Waals surface area contributed by atoms with Crippen molar-refractivity contribution in [3.05, 3.63) is 74.8 Å². The molecule has 0 aliphatic carbocycles. The van der Waals surface area contributed by atoms with Crippen LogP contribution >= 0.6 is 0 Å². The van der Waals surface area contributed by atoms with Crippen LogP contribution in [0.2, 0.25) is 0 Å². The summed E-state index contributed by atoms with van der Waals surface area (Å²) in [7, 11) is 0. The first kappa shape index (κ1) is 22.3.